The van der Waals surface area contributed by atoms with E-state index in [2.05, 4.69) is 73.4 Å². The second-order valence-electron chi connectivity index (χ2n) is 11.8. The Bertz CT molecular complexity index is 395. The van der Waals surface area contributed by atoms with Gasteiger partial charge in [0.05, 0.1) is 39.3 Å². The van der Waals surface area contributed by atoms with E-state index < -0.39 is 0 Å². The molecule has 0 N–H and O–H groups in total. The van der Waals surface area contributed by atoms with Crippen molar-refractivity contribution in [3.63, 3.8) is 0 Å². The first kappa shape index (κ1) is 36.9. The predicted molar refractivity (Wildman–Crippen MR) is 172 cm³/mol. The molecule has 0 aromatic carbocycles. The molecule has 0 saturated carbocycles. The van der Waals surface area contributed by atoms with E-state index in [9.17, 15) is 0 Å². The molecule has 0 aliphatic heterocycles. The Morgan fingerprint density at radius 2 is 0.556 bits per heavy atom. The Labute approximate surface area is 246 Å². The van der Waals surface area contributed by atoms with Crippen LogP contribution >= 0.6 is 31.9 Å². The minimum absolute atomic E-state index is 0.659. The molecule has 0 heterocycles. The summed E-state index contributed by atoms with van der Waals surface area (Å²) in [5, 5.41) is 0. The predicted octanol–water partition coefficient (Wildman–Crippen LogP) is 11.2. The molecule has 0 fully saturated rings. The zero-order valence-electron chi connectivity index (χ0n) is 25.8. The van der Waals surface area contributed by atoms with Gasteiger partial charge in [0.25, 0.3) is 0 Å². The summed E-state index contributed by atoms with van der Waals surface area (Å²) in [5.41, 5.74) is 0. The van der Waals surface area contributed by atoms with Crippen molar-refractivity contribution in [1.29, 1.82) is 0 Å². The van der Waals surface area contributed by atoms with Crippen LogP contribution in [0.1, 0.15) is 157 Å². The van der Waals surface area contributed by atoms with Crippen molar-refractivity contribution in [3.05, 3.63) is 0 Å². The maximum absolute atomic E-state index is 4.14. The van der Waals surface area contributed by atoms with Gasteiger partial charge < -0.3 is 8.97 Å². The van der Waals surface area contributed by atoms with Crippen molar-refractivity contribution < 1.29 is 8.97 Å². The molecule has 2 nitrogen and oxygen atoms in total. The van der Waals surface area contributed by atoms with E-state index in [1.165, 1.54) is 164 Å². The normalized spacial score (nSPS) is 14.3. The monoisotopic (exact) mass is 638 g/mol. The van der Waals surface area contributed by atoms with Crippen molar-refractivity contribution in [3.8, 4) is 0 Å². The van der Waals surface area contributed by atoms with Crippen LogP contribution in [0.25, 0.3) is 0 Å². The summed E-state index contributed by atoms with van der Waals surface area (Å²) in [5.74, 6) is 0. The second kappa shape index (κ2) is 23.7. The van der Waals surface area contributed by atoms with E-state index in [1.807, 2.05) is 0 Å². The highest BCUT2D eigenvalue weighted by Gasteiger charge is 2.33. The van der Waals surface area contributed by atoms with Gasteiger partial charge in [-0.15, -0.1) is 0 Å². The number of hydrogen-bond acceptors (Lipinski definition) is 0. The largest absolute Gasteiger partial charge is 0.312 e. The summed E-state index contributed by atoms with van der Waals surface area (Å²) in [6.45, 7) is 22.2. The van der Waals surface area contributed by atoms with Gasteiger partial charge >= 0.3 is 0 Å². The van der Waals surface area contributed by atoms with Crippen LogP contribution in [-0.4, -0.2) is 58.1 Å². The molecule has 0 aliphatic rings. The Morgan fingerprint density at radius 1 is 0.361 bits per heavy atom. The topological polar surface area (TPSA) is 0 Å². The van der Waals surface area contributed by atoms with Crippen LogP contribution in [-0.2, 0) is 0 Å². The minimum atomic E-state index is 0.659. The standard InChI is InChI=1S/C32H68Br2N2/c1-7-25-35(26-8-2,27-9-3)31(33)23-21-19-17-15-13-14-16-18-20-22-24-32(34)36(28-10-4,29-11-5)30-12-6/h31-32H,7-30H2,1-6H3/q+2. The lowest BCUT2D eigenvalue weighted by atomic mass is 10.0. The van der Waals surface area contributed by atoms with Gasteiger partial charge in [-0.1, -0.05) is 92.9 Å². The number of alkyl halides is 2. The number of unbranched alkanes of at least 4 members (excludes halogenated alkanes) is 9. The molecule has 0 spiro atoms. The third-order valence-electron chi connectivity index (χ3n) is 8.34. The highest BCUT2D eigenvalue weighted by molar-refractivity contribution is 9.09. The van der Waals surface area contributed by atoms with Crippen LogP contribution in [0.4, 0.5) is 0 Å². The quantitative estimate of drug-likeness (QED) is 0.0363. The third kappa shape index (κ3) is 14.9. The Hall–Kier alpha value is 0.880. The maximum Gasteiger partial charge on any atom is 0.144 e. The van der Waals surface area contributed by atoms with Gasteiger partial charge in [-0.2, -0.15) is 0 Å². The average molecular weight is 641 g/mol. The Balaban J connectivity index is 3.98. The lowest BCUT2D eigenvalue weighted by Gasteiger charge is -2.42. The molecule has 0 aromatic heterocycles. The van der Waals surface area contributed by atoms with Crippen LogP contribution < -0.4 is 0 Å². The number of halogens is 2. The zero-order chi connectivity index (χ0) is 27.1. The number of nitrogens with zero attached hydrogens (tertiary/aromatic N) is 2. The first-order chi connectivity index (χ1) is 17.4. The van der Waals surface area contributed by atoms with Crippen molar-refractivity contribution >= 4 is 31.9 Å². The summed E-state index contributed by atoms with van der Waals surface area (Å²) < 4.78 is 2.60. The molecule has 0 radical (unpaired) electrons. The van der Waals surface area contributed by atoms with Gasteiger partial charge in [-0.05, 0) is 83.2 Å². The Morgan fingerprint density at radius 3 is 0.750 bits per heavy atom. The molecule has 0 amide bonds. The van der Waals surface area contributed by atoms with Crippen LogP contribution in [0.2, 0.25) is 0 Å². The molecule has 0 bridgehead atoms. The van der Waals surface area contributed by atoms with E-state index in [0.29, 0.717) is 9.90 Å². The SMILES string of the molecule is CCC[N+](CCC)(CCC)C(Br)CCCCCCCCCCCCC(Br)[N+](CCC)(CCC)CCC. The van der Waals surface area contributed by atoms with Crippen LogP contribution in [0.15, 0.2) is 0 Å². The summed E-state index contributed by atoms with van der Waals surface area (Å²) in [7, 11) is 0. The molecule has 0 aromatic rings. The average Bonchev–Trinajstić information content (AvgIpc) is 2.85. The molecule has 2 unspecified atom stereocenters. The fourth-order valence-corrected chi connectivity index (χ4v) is 8.65. The lowest BCUT2D eigenvalue weighted by Crippen LogP contribution is -2.54. The van der Waals surface area contributed by atoms with Gasteiger partial charge in [0.1, 0.15) is 9.90 Å². The number of rotatable bonds is 27. The van der Waals surface area contributed by atoms with Crippen molar-refractivity contribution in [2.75, 3.05) is 39.3 Å². The fourth-order valence-electron chi connectivity index (χ4n) is 6.77. The first-order valence-corrected chi connectivity index (χ1v) is 18.2. The highest BCUT2D eigenvalue weighted by Crippen LogP contribution is 2.28. The molecule has 2 atom stereocenters. The summed E-state index contributed by atoms with van der Waals surface area (Å²) in [6.07, 6.45) is 24.8. The lowest BCUT2D eigenvalue weighted by molar-refractivity contribution is -0.936. The second-order valence-corrected chi connectivity index (χ2v) is 13.9. The van der Waals surface area contributed by atoms with Crippen LogP contribution in [0.3, 0.4) is 0 Å². The molecular weight excluding hydrogens is 572 g/mol. The summed E-state index contributed by atoms with van der Waals surface area (Å²) in [4.78, 5) is 1.32. The fraction of sp³-hybridized carbons (Fsp3) is 1.00. The van der Waals surface area contributed by atoms with Gasteiger partial charge in [-0.3, -0.25) is 0 Å². The summed E-state index contributed by atoms with van der Waals surface area (Å²) >= 11 is 8.28. The third-order valence-corrected chi connectivity index (χ3v) is 11.0. The molecule has 0 aliphatic carbocycles. The molecule has 36 heavy (non-hydrogen) atoms. The zero-order valence-corrected chi connectivity index (χ0v) is 28.9. The van der Waals surface area contributed by atoms with Gasteiger partial charge in [0.2, 0.25) is 0 Å². The van der Waals surface area contributed by atoms with E-state index in [4.69, 9.17) is 0 Å². The smallest absolute Gasteiger partial charge is 0.144 e. The molecular formula is C32H68Br2N2+2. The van der Waals surface area contributed by atoms with E-state index in [0.717, 1.165) is 0 Å². The van der Waals surface area contributed by atoms with E-state index in [1.54, 1.807) is 0 Å². The van der Waals surface area contributed by atoms with Crippen molar-refractivity contribution in [1.82, 2.24) is 0 Å². The van der Waals surface area contributed by atoms with Gasteiger partial charge in [0, 0.05) is 12.8 Å². The van der Waals surface area contributed by atoms with E-state index in [-0.39, 0.29) is 0 Å². The number of quaternary nitrogens is 2. The molecule has 0 rings (SSSR count). The minimum Gasteiger partial charge on any atom is -0.312 e. The van der Waals surface area contributed by atoms with Crippen molar-refractivity contribution in [2.24, 2.45) is 0 Å². The highest BCUT2D eigenvalue weighted by atomic mass is 79.9. The van der Waals surface area contributed by atoms with Gasteiger partial charge in [0.15, 0.2) is 0 Å². The number of hydrogen-bond donors (Lipinski definition) is 0. The molecule has 218 valence electrons. The molecule has 4 heteroatoms. The maximum atomic E-state index is 4.14. The Kier molecular flexibility index (Phi) is 24.3. The van der Waals surface area contributed by atoms with Crippen molar-refractivity contribution in [2.45, 2.75) is 167 Å². The van der Waals surface area contributed by atoms with Crippen LogP contribution in [0.5, 0.6) is 0 Å². The first-order valence-electron chi connectivity index (χ1n) is 16.4. The van der Waals surface area contributed by atoms with Gasteiger partial charge in [-0.25, -0.2) is 0 Å². The van der Waals surface area contributed by atoms with Crippen LogP contribution in [0, 0.1) is 0 Å². The summed E-state index contributed by atoms with van der Waals surface area (Å²) in [6, 6.07) is 0. The molecule has 0 saturated heterocycles. The van der Waals surface area contributed by atoms with E-state index >= 15 is 0 Å².